The van der Waals surface area contributed by atoms with Crippen LogP contribution >= 0.6 is 0 Å². The molecule has 0 N–H and O–H groups in total. The number of carbonyl (C=O) groups is 1. The number of aldehydes is 1. The van der Waals surface area contributed by atoms with Crippen molar-refractivity contribution in [3.8, 4) is 11.8 Å². The Bertz CT molecular complexity index is 444. The average molecular weight is 254 g/mol. The summed E-state index contributed by atoms with van der Waals surface area (Å²) < 4.78 is 0. The molecule has 0 aromatic heterocycles. The van der Waals surface area contributed by atoms with E-state index in [0.717, 1.165) is 6.29 Å². The lowest BCUT2D eigenvalue weighted by atomic mass is 9.65. The smallest absolute Gasteiger partial charge is 0.124 e. The molecule has 1 fully saturated rings. The minimum Gasteiger partial charge on any atom is -0.303 e. The zero-order chi connectivity index (χ0) is 13.5. The van der Waals surface area contributed by atoms with Gasteiger partial charge in [-0.3, -0.25) is 0 Å². The van der Waals surface area contributed by atoms with E-state index in [1.807, 2.05) is 31.2 Å². The predicted molar refractivity (Wildman–Crippen MR) is 79.4 cm³/mol. The summed E-state index contributed by atoms with van der Waals surface area (Å²) in [6.07, 6.45) is 18.3. The van der Waals surface area contributed by atoms with Gasteiger partial charge in [-0.1, -0.05) is 55.1 Å². The molecule has 0 amide bonds. The van der Waals surface area contributed by atoms with Crippen LogP contribution in [0.15, 0.2) is 36.5 Å². The molecule has 2 rings (SSSR count). The van der Waals surface area contributed by atoms with Gasteiger partial charge in [0, 0.05) is 11.8 Å². The molecule has 0 spiro atoms. The Kier molecular flexibility index (Phi) is 5.21. The fourth-order valence-corrected chi connectivity index (χ4v) is 3.25. The highest BCUT2D eigenvalue weighted by atomic mass is 16.1. The van der Waals surface area contributed by atoms with Crippen LogP contribution in [-0.4, -0.2) is 6.29 Å². The van der Waals surface area contributed by atoms with Crippen LogP contribution in [0, 0.1) is 35.5 Å². The van der Waals surface area contributed by atoms with Gasteiger partial charge in [-0.15, -0.1) is 0 Å². The van der Waals surface area contributed by atoms with E-state index in [2.05, 4.69) is 24.0 Å². The Morgan fingerprint density at radius 3 is 2.79 bits per heavy atom. The summed E-state index contributed by atoms with van der Waals surface area (Å²) in [5.74, 6) is 7.62. The first kappa shape index (κ1) is 13.9. The Morgan fingerprint density at radius 1 is 1.16 bits per heavy atom. The van der Waals surface area contributed by atoms with Crippen molar-refractivity contribution in [2.45, 2.75) is 32.6 Å². The lowest BCUT2D eigenvalue weighted by Gasteiger charge is -2.38. The van der Waals surface area contributed by atoms with Crippen molar-refractivity contribution in [1.29, 1.82) is 0 Å². The molecule has 2 aliphatic carbocycles. The average Bonchev–Trinajstić information content (AvgIpc) is 2.46. The molecule has 1 heteroatoms. The van der Waals surface area contributed by atoms with Gasteiger partial charge in [-0.25, -0.2) is 0 Å². The summed E-state index contributed by atoms with van der Waals surface area (Å²) in [5, 5.41) is 0. The molecule has 0 bridgehead atoms. The van der Waals surface area contributed by atoms with Gasteiger partial charge >= 0.3 is 0 Å². The third kappa shape index (κ3) is 3.47. The van der Waals surface area contributed by atoms with Crippen molar-refractivity contribution in [2.24, 2.45) is 23.7 Å². The molecular formula is C18H22O. The van der Waals surface area contributed by atoms with Crippen molar-refractivity contribution in [3.63, 3.8) is 0 Å². The maximum absolute atomic E-state index is 11.4. The summed E-state index contributed by atoms with van der Waals surface area (Å²) in [7, 11) is 0. The standard InChI is InChI=1S/C18H22O/c1-2-3-4-5-6-9-16-13-12-15-10-7-8-11-17(15)18(16)14-19/h2-5,12-18H,7-8,10-11H2,1H3/b3-2+,5-4+/t15-,16+,17+,18+/m0/s1. The highest BCUT2D eigenvalue weighted by molar-refractivity contribution is 5.57. The predicted octanol–water partition coefficient (Wildman–Crippen LogP) is 3.93. The monoisotopic (exact) mass is 254 g/mol. The summed E-state index contributed by atoms with van der Waals surface area (Å²) in [4.78, 5) is 11.4. The second kappa shape index (κ2) is 7.14. The van der Waals surface area contributed by atoms with E-state index in [-0.39, 0.29) is 11.8 Å². The highest BCUT2D eigenvalue weighted by Crippen LogP contribution is 2.41. The summed E-state index contributed by atoms with van der Waals surface area (Å²) in [6, 6.07) is 0. The largest absolute Gasteiger partial charge is 0.303 e. The molecule has 0 aromatic rings. The zero-order valence-corrected chi connectivity index (χ0v) is 11.6. The Hall–Kier alpha value is -1.55. The fraction of sp³-hybridized carbons (Fsp3) is 0.500. The van der Waals surface area contributed by atoms with Crippen LogP contribution in [0.1, 0.15) is 32.6 Å². The molecule has 0 unspecified atom stereocenters. The first-order chi connectivity index (χ1) is 9.36. The molecule has 4 atom stereocenters. The molecule has 0 aliphatic heterocycles. The maximum atomic E-state index is 11.4. The SMILES string of the molecule is C/C=C/C=C/C#C[C@@H]1C=C[C@@H]2CCCC[C@H]2[C@@H]1C=O. The molecule has 0 radical (unpaired) electrons. The van der Waals surface area contributed by atoms with E-state index in [1.54, 1.807) is 0 Å². The van der Waals surface area contributed by atoms with Gasteiger partial charge in [0.25, 0.3) is 0 Å². The molecule has 19 heavy (non-hydrogen) atoms. The number of rotatable bonds is 2. The van der Waals surface area contributed by atoms with Crippen LogP contribution in [0.25, 0.3) is 0 Å². The molecular weight excluding hydrogens is 232 g/mol. The summed E-state index contributed by atoms with van der Waals surface area (Å²) in [6.45, 7) is 1.98. The van der Waals surface area contributed by atoms with Gasteiger partial charge < -0.3 is 4.79 Å². The topological polar surface area (TPSA) is 17.1 Å². The molecule has 2 aliphatic rings. The van der Waals surface area contributed by atoms with Gasteiger partial charge in [0.15, 0.2) is 0 Å². The lowest BCUT2D eigenvalue weighted by molar-refractivity contribution is -0.114. The normalized spacial score (nSPS) is 33.9. The van der Waals surface area contributed by atoms with Crippen molar-refractivity contribution in [2.75, 3.05) is 0 Å². The first-order valence-corrected chi connectivity index (χ1v) is 7.29. The number of hydrogen-bond acceptors (Lipinski definition) is 1. The van der Waals surface area contributed by atoms with Gasteiger partial charge in [0.1, 0.15) is 6.29 Å². The minimum absolute atomic E-state index is 0.0953. The van der Waals surface area contributed by atoms with Crippen LogP contribution in [0.5, 0.6) is 0 Å². The van der Waals surface area contributed by atoms with Crippen LogP contribution in [0.4, 0.5) is 0 Å². The van der Waals surface area contributed by atoms with Crippen molar-refractivity contribution in [1.82, 2.24) is 0 Å². The lowest BCUT2D eigenvalue weighted by Crippen LogP contribution is -2.34. The van der Waals surface area contributed by atoms with Crippen LogP contribution in [0.3, 0.4) is 0 Å². The fourth-order valence-electron chi connectivity index (χ4n) is 3.25. The molecule has 0 aromatic carbocycles. The maximum Gasteiger partial charge on any atom is 0.124 e. The Morgan fingerprint density at radius 2 is 2.00 bits per heavy atom. The van der Waals surface area contributed by atoms with E-state index < -0.39 is 0 Å². The zero-order valence-electron chi connectivity index (χ0n) is 11.6. The molecule has 100 valence electrons. The quantitative estimate of drug-likeness (QED) is 0.316. The van der Waals surface area contributed by atoms with E-state index in [0.29, 0.717) is 11.8 Å². The minimum atomic E-state index is 0.0953. The van der Waals surface area contributed by atoms with E-state index in [1.165, 1.54) is 25.7 Å². The van der Waals surface area contributed by atoms with E-state index in [4.69, 9.17) is 0 Å². The first-order valence-electron chi connectivity index (χ1n) is 7.29. The van der Waals surface area contributed by atoms with Crippen molar-refractivity contribution < 1.29 is 4.79 Å². The van der Waals surface area contributed by atoms with Crippen LogP contribution in [-0.2, 0) is 4.79 Å². The number of allylic oxidation sites excluding steroid dienone is 6. The second-order valence-corrected chi connectivity index (χ2v) is 5.41. The molecule has 1 saturated carbocycles. The van der Waals surface area contributed by atoms with Crippen LogP contribution in [0.2, 0.25) is 0 Å². The van der Waals surface area contributed by atoms with Gasteiger partial charge in [0.2, 0.25) is 0 Å². The second-order valence-electron chi connectivity index (χ2n) is 5.41. The highest BCUT2D eigenvalue weighted by Gasteiger charge is 2.36. The Labute approximate surface area is 116 Å². The summed E-state index contributed by atoms with van der Waals surface area (Å²) in [5.41, 5.74) is 0. The third-order valence-corrected chi connectivity index (χ3v) is 4.24. The summed E-state index contributed by atoms with van der Waals surface area (Å²) >= 11 is 0. The Balaban J connectivity index is 2.09. The van der Waals surface area contributed by atoms with Gasteiger partial charge in [-0.2, -0.15) is 0 Å². The molecule has 1 nitrogen and oxygen atoms in total. The molecule has 0 heterocycles. The van der Waals surface area contributed by atoms with E-state index in [9.17, 15) is 4.79 Å². The van der Waals surface area contributed by atoms with Crippen molar-refractivity contribution in [3.05, 3.63) is 36.5 Å². The molecule has 0 saturated heterocycles. The van der Waals surface area contributed by atoms with E-state index >= 15 is 0 Å². The van der Waals surface area contributed by atoms with Gasteiger partial charge in [0.05, 0.1) is 0 Å². The van der Waals surface area contributed by atoms with Gasteiger partial charge in [-0.05, 0) is 37.7 Å². The number of hydrogen-bond donors (Lipinski definition) is 0. The van der Waals surface area contributed by atoms with Crippen LogP contribution < -0.4 is 0 Å². The third-order valence-electron chi connectivity index (χ3n) is 4.24. The van der Waals surface area contributed by atoms with Crippen molar-refractivity contribution >= 4 is 6.29 Å². The number of fused-ring (bicyclic) bond motifs is 1. The number of carbonyl (C=O) groups excluding carboxylic acids is 1.